The van der Waals surface area contributed by atoms with E-state index in [2.05, 4.69) is 4.98 Å². The Hall–Kier alpha value is -2.26. The van der Waals surface area contributed by atoms with E-state index in [1.807, 2.05) is 32.9 Å². The molecule has 168 valence electrons. The first kappa shape index (κ1) is 22.9. The van der Waals surface area contributed by atoms with Crippen molar-refractivity contribution in [1.29, 1.82) is 0 Å². The number of halogens is 1. The lowest BCUT2D eigenvalue weighted by atomic mass is 10.2. The van der Waals surface area contributed by atoms with Gasteiger partial charge in [-0.3, -0.25) is 4.79 Å². The fourth-order valence-electron chi connectivity index (χ4n) is 3.90. The molecule has 0 saturated heterocycles. The first-order valence-electron chi connectivity index (χ1n) is 10.4. The van der Waals surface area contributed by atoms with Crippen molar-refractivity contribution in [3.8, 4) is 10.6 Å². The van der Waals surface area contributed by atoms with Crippen LogP contribution in [0.15, 0.2) is 47.4 Å². The van der Waals surface area contributed by atoms with E-state index in [0.717, 1.165) is 21.8 Å². The number of hydrogen-bond acceptors (Lipinski definition) is 5. The minimum absolute atomic E-state index is 0.113. The Morgan fingerprint density at radius 2 is 1.84 bits per heavy atom. The maximum absolute atomic E-state index is 13.4. The number of hydrogen-bond donors (Lipinski definition) is 0. The summed E-state index contributed by atoms with van der Waals surface area (Å²) in [6.07, 6.45) is 0.616. The zero-order valence-corrected chi connectivity index (χ0v) is 20.5. The van der Waals surface area contributed by atoms with Gasteiger partial charge in [-0.2, -0.15) is 4.31 Å². The van der Waals surface area contributed by atoms with Crippen LogP contribution in [-0.4, -0.2) is 43.2 Å². The third kappa shape index (κ3) is 4.08. The fraction of sp³-hybridized carbons (Fsp3) is 0.304. The summed E-state index contributed by atoms with van der Waals surface area (Å²) in [5.41, 5.74) is 3.22. The monoisotopic (exact) mass is 489 g/mol. The largest absolute Gasteiger partial charge is 0.307 e. The molecular formula is C23H24ClN3O3S2. The Morgan fingerprint density at radius 3 is 2.50 bits per heavy atom. The standard InChI is InChI=1S/C23H24ClN3O3S2/c1-4-26(5-2)32(29,30)19-10-11-20-17(14-19)12-13-27(20)23(28)21-15(3)25-22(31-21)16-6-8-18(24)9-7-16/h6-11,14H,4-5,12-13H2,1-3H3. The number of fused-ring (bicyclic) bond motifs is 1. The average Bonchev–Trinajstić information content (AvgIpc) is 3.37. The fourth-order valence-corrected chi connectivity index (χ4v) is 6.55. The van der Waals surface area contributed by atoms with E-state index in [-0.39, 0.29) is 10.8 Å². The highest BCUT2D eigenvalue weighted by Gasteiger charge is 2.30. The zero-order valence-electron chi connectivity index (χ0n) is 18.1. The molecule has 9 heteroatoms. The van der Waals surface area contributed by atoms with Gasteiger partial charge < -0.3 is 4.90 Å². The molecule has 0 N–H and O–H groups in total. The Balaban J connectivity index is 1.63. The molecule has 1 aliphatic rings. The highest BCUT2D eigenvalue weighted by Crippen LogP contribution is 2.35. The van der Waals surface area contributed by atoms with Gasteiger partial charge in [0.05, 0.1) is 10.6 Å². The lowest BCUT2D eigenvalue weighted by Crippen LogP contribution is -2.30. The summed E-state index contributed by atoms with van der Waals surface area (Å²) in [6, 6.07) is 12.4. The van der Waals surface area contributed by atoms with Crippen LogP contribution in [0.4, 0.5) is 5.69 Å². The second kappa shape index (κ2) is 8.94. The SMILES string of the molecule is CCN(CC)S(=O)(=O)c1ccc2c(c1)CCN2C(=O)c1sc(-c2ccc(Cl)cc2)nc1C. The Bertz CT molecular complexity index is 1270. The van der Waals surface area contributed by atoms with Gasteiger partial charge in [-0.15, -0.1) is 11.3 Å². The number of amides is 1. The van der Waals surface area contributed by atoms with Crippen LogP contribution in [0.3, 0.4) is 0 Å². The van der Waals surface area contributed by atoms with Gasteiger partial charge in [0.25, 0.3) is 5.91 Å². The van der Waals surface area contributed by atoms with Crippen LogP contribution >= 0.6 is 22.9 Å². The minimum atomic E-state index is -3.54. The summed E-state index contributed by atoms with van der Waals surface area (Å²) in [7, 11) is -3.54. The van der Waals surface area contributed by atoms with Gasteiger partial charge in [0, 0.05) is 35.9 Å². The third-order valence-corrected chi connectivity index (χ3v) is 9.11. The van der Waals surface area contributed by atoms with Crippen molar-refractivity contribution in [2.75, 3.05) is 24.5 Å². The van der Waals surface area contributed by atoms with Gasteiger partial charge in [0.15, 0.2) is 0 Å². The zero-order chi connectivity index (χ0) is 23.0. The first-order valence-corrected chi connectivity index (χ1v) is 13.1. The van der Waals surface area contributed by atoms with E-state index in [1.54, 1.807) is 35.2 Å². The Labute approximate surface area is 197 Å². The van der Waals surface area contributed by atoms with Crippen molar-refractivity contribution >= 4 is 44.6 Å². The lowest BCUT2D eigenvalue weighted by molar-refractivity contribution is 0.0992. The van der Waals surface area contributed by atoms with Crippen LogP contribution in [0.5, 0.6) is 0 Å². The molecule has 1 amide bonds. The highest BCUT2D eigenvalue weighted by atomic mass is 35.5. The molecular weight excluding hydrogens is 466 g/mol. The molecule has 32 heavy (non-hydrogen) atoms. The van der Waals surface area contributed by atoms with Gasteiger partial charge in [0.1, 0.15) is 9.88 Å². The van der Waals surface area contributed by atoms with Gasteiger partial charge in [-0.25, -0.2) is 13.4 Å². The minimum Gasteiger partial charge on any atom is -0.307 e. The number of carbonyl (C=O) groups is 1. The van der Waals surface area contributed by atoms with E-state index in [0.29, 0.717) is 41.6 Å². The molecule has 3 aromatic rings. The topological polar surface area (TPSA) is 70.6 Å². The second-order valence-corrected chi connectivity index (χ2v) is 10.9. The number of carbonyl (C=O) groups excluding carboxylic acids is 1. The van der Waals surface area contributed by atoms with Crippen molar-refractivity contribution in [2.24, 2.45) is 0 Å². The number of rotatable bonds is 6. The highest BCUT2D eigenvalue weighted by molar-refractivity contribution is 7.89. The lowest BCUT2D eigenvalue weighted by Gasteiger charge is -2.20. The number of aryl methyl sites for hydroxylation is 1. The number of thiazole rings is 1. The first-order chi connectivity index (χ1) is 15.3. The maximum Gasteiger partial charge on any atom is 0.270 e. The molecule has 0 saturated carbocycles. The van der Waals surface area contributed by atoms with Crippen molar-refractivity contribution in [1.82, 2.24) is 9.29 Å². The molecule has 0 unspecified atom stereocenters. The molecule has 0 atom stereocenters. The summed E-state index contributed by atoms with van der Waals surface area (Å²) in [5.74, 6) is -0.113. The van der Waals surface area contributed by atoms with Crippen molar-refractivity contribution in [3.63, 3.8) is 0 Å². The predicted octanol–water partition coefficient (Wildman–Crippen LogP) is 5.01. The molecule has 0 spiro atoms. The van der Waals surface area contributed by atoms with Gasteiger partial charge in [0.2, 0.25) is 10.0 Å². The molecule has 1 aliphatic heterocycles. The molecule has 2 heterocycles. The third-order valence-electron chi connectivity index (χ3n) is 5.62. The normalized spacial score (nSPS) is 13.6. The maximum atomic E-state index is 13.4. The molecule has 0 aliphatic carbocycles. The molecule has 4 rings (SSSR count). The van der Waals surface area contributed by atoms with Gasteiger partial charge >= 0.3 is 0 Å². The number of benzene rings is 2. The van der Waals surface area contributed by atoms with Crippen LogP contribution in [0.1, 0.15) is 34.8 Å². The number of nitrogens with zero attached hydrogens (tertiary/aromatic N) is 3. The molecule has 0 radical (unpaired) electrons. The number of sulfonamides is 1. The Morgan fingerprint density at radius 1 is 1.16 bits per heavy atom. The van der Waals surface area contributed by atoms with E-state index in [1.165, 1.54) is 15.6 Å². The molecule has 0 bridgehead atoms. The van der Waals surface area contributed by atoms with Crippen LogP contribution in [0, 0.1) is 6.92 Å². The van der Waals surface area contributed by atoms with Crippen LogP contribution < -0.4 is 4.90 Å². The van der Waals surface area contributed by atoms with E-state index in [4.69, 9.17) is 11.6 Å². The van der Waals surface area contributed by atoms with Crippen LogP contribution in [-0.2, 0) is 16.4 Å². The summed E-state index contributed by atoms with van der Waals surface area (Å²) in [4.78, 5) is 20.5. The molecule has 6 nitrogen and oxygen atoms in total. The van der Waals surface area contributed by atoms with Gasteiger partial charge in [-0.05, 0) is 49.2 Å². The summed E-state index contributed by atoms with van der Waals surface area (Å²) in [5, 5.41) is 1.41. The van der Waals surface area contributed by atoms with Crippen LogP contribution in [0.2, 0.25) is 5.02 Å². The van der Waals surface area contributed by atoms with E-state index < -0.39 is 10.0 Å². The van der Waals surface area contributed by atoms with Gasteiger partial charge in [-0.1, -0.05) is 37.6 Å². The summed E-state index contributed by atoms with van der Waals surface area (Å²) >= 11 is 7.33. The number of anilines is 1. The predicted molar refractivity (Wildman–Crippen MR) is 129 cm³/mol. The second-order valence-electron chi connectivity index (χ2n) is 7.53. The smallest absolute Gasteiger partial charge is 0.270 e. The van der Waals surface area contributed by atoms with Crippen molar-refractivity contribution in [2.45, 2.75) is 32.1 Å². The van der Waals surface area contributed by atoms with Crippen molar-refractivity contribution < 1.29 is 13.2 Å². The van der Waals surface area contributed by atoms with E-state index in [9.17, 15) is 13.2 Å². The summed E-state index contributed by atoms with van der Waals surface area (Å²) in [6.45, 7) is 6.83. The Kier molecular flexibility index (Phi) is 6.40. The van der Waals surface area contributed by atoms with E-state index >= 15 is 0 Å². The number of aromatic nitrogens is 1. The molecule has 2 aromatic carbocycles. The summed E-state index contributed by atoms with van der Waals surface area (Å²) < 4.78 is 27.2. The molecule has 0 fully saturated rings. The quantitative estimate of drug-likeness (QED) is 0.488. The van der Waals surface area contributed by atoms with Crippen LogP contribution in [0.25, 0.3) is 10.6 Å². The van der Waals surface area contributed by atoms with Crippen molar-refractivity contribution in [3.05, 3.63) is 63.6 Å². The molecule has 1 aromatic heterocycles. The average molecular weight is 490 g/mol.